The van der Waals surface area contributed by atoms with Crippen molar-refractivity contribution in [3.8, 4) is 0 Å². The van der Waals surface area contributed by atoms with Gasteiger partial charge in [0.05, 0.1) is 17.9 Å². The van der Waals surface area contributed by atoms with E-state index in [1.165, 1.54) is 115 Å². The zero-order valence-electron chi connectivity index (χ0n) is 27.2. The highest BCUT2D eigenvalue weighted by Gasteiger charge is 2.27. The molecule has 0 aliphatic carbocycles. The molecule has 0 aliphatic rings. The van der Waals surface area contributed by atoms with E-state index in [9.17, 15) is 28.0 Å². The predicted molar refractivity (Wildman–Crippen MR) is 176 cm³/mol. The van der Waals surface area contributed by atoms with E-state index in [1.54, 1.807) is 6.08 Å². The fourth-order valence-electron chi connectivity index (χ4n) is 5.34. The lowest BCUT2D eigenvalue weighted by Gasteiger charge is -2.22. The summed E-state index contributed by atoms with van der Waals surface area (Å²) in [5.74, 6) is -1.53. The van der Waals surface area contributed by atoms with Crippen LogP contribution < -0.4 is 5.32 Å². The molecule has 1 amide bonds. The van der Waals surface area contributed by atoms with E-state index in [2.05, 4.69) is 19.2 Å². The van der Waals surface area contributed by atoms with E-state index < -0.39 is 40.0 Å². The molecule has 0 aromatic rings. The van der Waals surface area contributed by atoms with Crippen molar-refractivity contribution in [2.45, 2.75) is 193 Å². The number of rotatable bonds is 31. The van der Waals surface area contributed by atoms with Crippen molar-refractivity contribution in [2.24, 2.45) is 0 Å². The van der Waals surface area contributed by atoms with Gasteiger partial charge in [0.15, 0.2) is 0 Å². The molecule has 7 nitrogen and oxygen atoms in total. The molecule has 0 heterocycles. The molecule has 4 N–H and O–H groups in total. The van der Waals surface area contributed by atoms with Gasteiger partial charge in [-0.3, -0.25) is 9.35 Å². The molecule has 3 unspecified atom stereocenters. The Morgan fingerprint density at radius 2 is 1.02 bits per heavy atom. The first kappa shape index (κ1) is 41.0. The van der Waals surface area contributed by atoms with E-state index in [4.69, 9.17) is 0 Å². The van der Waals surface area contributed by atoms with Crippen molar-refractivity contribution in [3.05, 3.63) is 12.2 Å². The van der Waals surface area contributed by atoms with Crippen LogP contribution in [0.15, 0.2) is 12.2 Å². The summed E-state index contributed by atoms with van der Waals surface area (Å²) in [7, 11) is -4.43. The van der Waals surface area contributed by atoms with E-state index in [0.717, 1.165) is 38.5 Å². The lowest BCUT2D eigenvalue weighted by Crippen LogP contribution is -2.50. The Bertz CT molecular complexity index is 742. The van der Waals surface area contributed by atoms with Crippen LogP contribution in [0.25, 0.3) is 0 Å². The molecule has 0 radical (unpaired) electrons. The number of nitrogens with one attached hydrogen (secondary N) is 1. The molecule has 3 atom stereocenters. The predicted octanol–water partition coefficient (Wildman–Crippen LogP) is 8.43. The lowest BCUT2D eigenvalue weighted by atomic mass is 10.0. The van der Waals surface area contributed by atoms with Gasteiger partial charge in [0.25, 0.3) is 10.1 Å². The summed E-state index contributed by atoms with van der Waals surface area (Å²) in [6, 6.07) is -1.22. The van der Waals surface area contributed by atoms with Crippen LogP contribution >= 0.6 is 0 Å². The second kappa shape index (κ2) is 28.8. The van der Waals surface area contributed by atoms with Crippen LogP contribution in [-0.2, 0) is 14.9 Å². The highest BCUT2D eigenvalue weighted by atomic mass is 32.2. The largest absolute Gasteiger partial charge is 0.387 e. The smallest absolute Gasteiger partial charge is 0.267 e. The monoisotopic (exact) mass is 617 g/mol. The minimum atomic E-state index is -4.43. The topological polar surface area (TPSA) is 124 Å². The normalized spacial score (nSPS) is 14.3. The molecular weight excluding hydrogens is 550 g/mol. The average Bonchev–Trinajstić information content (AvgIpc) is 2.94. The summed E-state index contributed by atoms with van der Waals surface area (Å²) in [6.07, 6.45) is 29.8. The second-order valence-corrected chi connectivity index (χ2v) is 13.8. The average molecular weight is 618 g/mol. The Morgan fingerprint density at radius 3 is 1.43 bits per heavy atom. The minimum Gasteiger partial charge on any atom is -0.387 e. The number of hydrogen-bond donors (Lipinski definition) is 4. The fourth-order valence-corrected chi connectivity index (χ4v) is 6.07. The Labute approximate surface area is 259 Å². The number of carbonyl (C=O) groups is 1. The zero-order valence-corrected chi connectivity index (χ0v) is 28.1. The molecule has 0 saturated carbocycles. The Balaban J connectivity index is 4.14. The number of aliphatic hydroxyl groups is 2. The zero-order chi connectivity index (χ0) is 31.3. The number of carbonyl (C=O) groups excluding carboxylic acids is 1. The minimum absolute atomic E-state index is 0.284. The number of allylic oxidation sites excluding steroid dienone is 1. The fraction of sp³-hybridized carbons (Fsp3) is 0.912. The Kier molecular flexibility index (Phi) is 28.1. The van der Waals surface area contributed by atoms with Crippen LogP contribution in [0.1, 0.15) is 174 Å². The van der Waals surface area contributed by atoms with Gasteiger partial charge in [-0.15, -0.1) is 0 Å². The van der Waals surface area contributed by atoms with Crippen molar-refractivity contribution >= 4 is 16.0 Å². The molecule has 250 valence electrons. The van der Waals surface area contributed by atoms with Crippen LogP contribution in [0.4, 0.5) is 0 Å². The quantitative estimate of drug-likeness (QED) is 0.0352. The SMILES string of the molecule is CCCCCCCCCCCCCCC/C=C/C(O)C(CS(=O)(=O)O)NC(=O)C(O)CCCCCCCCCCCC. The van der Waals surface area contributed by atoms with Crippen molar-refractivity contribution in [1.29, 1.82) is 0 Å². The van der Waals surface area contributed by atoms with Crippen LogP contribution in [0.3, 0.4) is 0 Å². The molecule has 0 rings (SSSR count). The maximum absolute atomic E-state index is 12.5. The lowest BCUT2D eigenvalue weighted by molar-refractivity contribution is -0.130. The van der Waals surface area contributed by atoms with Gasteiger partial charge in [-0.2, -0.15) is 8.42 Å². The first-order valence-electron chi connectivity index (χ1n) is 17.5. The highest BCUT2D eigenvalue weighted by Crippen LogP contribution is 2.14. The Morgan fingerprint density at radius 1 is 0.643 bits per heavy atom. The maximum atomic E-state index is 12.5. The summed E-state index contributed by atoms with van der Waals surface area (Å²) in [5, 5.41) is 23.2. The van der Waals surface area contributed by atoms with Crippen LogP contribution in [0, 0.1) is 0 Å². The third kappa shape index (κ3) is 27.8. The Hall–Kier alpha value is -0.960. The molecule has 0 saturated heterocycles. The van der Waals surface area contributed by atoms with E-state index in [-0.39, 0.29) is 6.42 Å². The van der Waals surface area contributed by atoms with Crippen molar-refractivity contribution in [3.63, 3.8) is 0 Å². The van der Waals surface area contributed by atoms with Crippen LogP contribution in [0.2, 0.25) is 0 Å². The molecule has 0 bridgehead atoms. The maximum Gasteiger partial charge on any atom is 0.267 e. The summed E-state index contributed by atoms with van der Waals surface area (Å²) < 4.78 is 32.3. The third-order valence-corrected chi connectivity index (χ3v) is 8.85. The molecule has 0 aromatic heterocycles. The van der Waals surface area contributed by atoms with Gasteiger partial charge in [-0.25, -0.2) is 0 Å². The van der Waals surface area contributed by atoms with E-state index in [0.29, 0.717) is 6.42 Å². The van der Waals surface area contributed by atoms with E-state index >= 15 is 0 Å². The van der Waals surface area contributed by atoms with Crippen molar-refractivity contribution < 1.29 is 28.0 Å². The van der Waals surface area contributed by atoms with Gasteiger partial charge >= 0.3 is 0 Å². The van der Waals surface area contributed by atoms with Gasteiger partial charge in [-0.1, -0.05) is 167 Å². The standard InChI is InChI=1S/C34H67NO6S/c1-3-5-7-9-11-13-15-16-17-18-19-21-22-24-26-28-32(36)31(30-42(39,40)41)35-34(38)33(37)29-27-25-23-20-14-12-10-8-6-4-2/h26,28,31-33,36-37H,3-25,27,29-30H2,1-2H3,(H,35,38)(H,39,40,41)/b28-26+. The summed E-state index contributed by atoms with van der Waals surface area (Å²) in [6.45, 7) is 4.46. The summed E-state index contributed by atoms with van der Waals surface area (Å²) in [4.78, 5) is 12.5. The molecule has 0 spiro atoms. The molecule has 42 heavy (non-hydrogen) atoms. The van der Waals surface area contributed by atoms with Crippen LogP contribution in [-0.4, -0.2) is 53.1 Å². The van der Waals surface area contributed by atoms with Crippen molar-refractivity contribution in [1.82, 2.24) is 5.32 Å². The molecule has 0 aliphatic heterocycles. The molecule has 0 aromatic carbocycles. The van der Waals surface area contributed by atoms with Gasteiger partial charge in [0, 0.05) is 0 Å². The second-order valence-electron chi connectivity index (χ2n) is 12.3. The summed E-state index contributed by atoms with van der Waals surface area (Å²) in [5.41, 5.74) is 0. The van der Waals surface area contributed by atoms with Gasteiger partial charge in [0.1, 0.15) is 6.10 Å². The van der Waals surface area contributed by atoms with E-state index in [1.807, 2.05) is 0 Å². The number of amides is 1. The summed E-state index contributed by atoms with van der Waals surface area (Å²) >= 11 is 0. The first-order valence-corrected chi connectivity index (χ1v) is 19.1. The van der Waals surface area contributed by atoms with Gasteiger partial charge in [0.2, 0.25) is 5.91 Å². The molecule has 8 heteroatoms. The third-order valence-electron chi connectivity index (χ3n) is 8.07. The number of unbranched alkanes of at least 4 members (excludes halogenated alkanes) is 22. The van der Waals surface area contributed by atoms with Gasteiger partial charge in [-0.05, 0) is 19.3 Å². The number of hydrogen-bond acceptors (Lipinski definition) is 5. The first-order chi connectivity index (χ1) is 20.2. The highest BCUT2D eigenvalue weighted by molar-refractivity contribution is 7.85. The van der Waals surface area contributed by atoms with Crippen LogP contribution in [0.5, 0.6) is 0 Å². The molecule has 0 fully saturated rings. The molecular formula is C34H67NO6S. The van der Waals surface area contributed by atoms with Crippen molar-refractivity contribution in [2.75, 3.05) is 5.75 Å². The number of aliphatic hydroxyl groups excluding tert-OH is 2. The van der Waals surface area contributed by atoms with Gasteiger partial charge < -0.3 is 15.5 Å².